The molecule has 3 heteroatoms. The first kappa shape index (κ1) is 34.7. The maximum atomic E-state index is 5.26. The van der Waals surface area contributed by atoms with Crippen molar-refractivity contribution >= 4 is 21.5 Å². The van der Waals surface area contributed by atoms with Gasteiger partial charge in [0.1, 0.15) is 0 Å². The molecule has 0 bridgehead atoms. The lowest BCUT2D eigenvalue weighted by atomic mass is 9.81. The summed E-state index contributed by atoms with van der Waals surface area (Å²) in [5.74, 6) is 0.698. The summed E-state index contributed by atoms with van der Waals surface area (Å²) < 4.78 is 0. The van der Waals surface area contributed by atoms with E-state index < -0.39 is 0 Å². The van der Waals surface area contributed by atoms with Crippen molar-refractivity contribution in [3.8, 4) is 78.4 Å². The quantitative estimate of drug-likeness (QED) is 0.170. The van der Waals surface area contributed by atoms with Gasteiger partial charge in [-0.2, -0.15) is 0 Å². The lowest BCUT2D eigenvalue weighted by Gasteiger charge is -2.22. The van der Waals surface area contributed by atoms with Crippen LogP contribution in [0.1, 0.15) is 25.0 Å². The lowest BCUT2D eigenvalue weighted by Crippen LogP contribution is -2.15. The largest absolute Gasteiger partial charge is 0.264 e. The highest BCUT2D eigenvalue weighted by Gasteiger charge is 2.36. The van der Waals surface area contributed by atoms with Gasteiger partial charge in [-0.1, -0.05) is 172 Å². The second kappa shape index (κ2) is 13.9. The summed E-state index contributed by atoms with van der Waals surface area (Å²) in [5, 5.41) is 4.89. The van der Waals surface area contributed by atoms with Crippen LogP contribution in [0.15, 0.2) is 200 Å². The Morgan fingerprint density at radius 3 is 1.75 bits per heavy atom. The zero-order chi connectivity index (χ0) is 39.5. The SMILES string of the molecule is CC1(C)c2cc(-c3cccc(-c4ccc(-c5nc(-c6ccccc6)cc(-c6ccc(-c7cccnc7)cc6)n5)c5ccccc45)c3)ccc2-c2c1ccc1ccccc21. The molecule has 3 nitrogen and oxygen atoms in total. The van der Waals surface area contributed by atoms with Gasteiger partial charge in [-0.05, 0) is 108 Å². The third-order valence-corrected chi connectivity index (χ3v) is 12.2. The van der Waals surface area contributed by atoms with Gasteiger partial charge in [-0.25, -0.2) is 9.97 Å². The maximum Gasteiger partial charge on any atom is 0.161 e. The molecule has 0 radical (unpaired) electrons. The fraction of sp³-hybridized carbons (Fsp3) is 0.0536. The summed E-state index contributed by atoms with van der Waals surface area (Å²) >= 11 is 0. The van der Waals surface area contributed by atoms with Crippen molar-refractivity contribution in [2.24, 2.45) is 0 Å². The average molecular weight is 754 g/mol. The average Bonchev–Trinajstić information content (AvgIpc) is 3.54. The molecule has 1 aliphatic rings. The standard InChI is InChI=1S/C56H39N3/c1-56(2)50-30-26-37-12-6-7-18-45(37)54(50)49-27-25-41(33-51(49)56)40-15-10-16-42(32-40)44-28-29-48(47-20-9-8-19-46(44)47)55-58-52(38-13-4-3-5-14-38)34-53(59-55)39-23-21-36(22-24-39)43-17-11-31-57-35-43/h3-35H,1-2H3. The third kappa shape index (κ3) is 5.94. The van der Waals surface area contributed by atoms with Crippen molar-refractivity contribution in [3.63, 3.8) is 0 Å². The summed E-state index contributed by atoms with van der Waals surface area (Å²) in [6.07, 6.45) is 3.69. The van der Waals surface area contributed by atoms with E-state index in [1.807, 2.05) is 18.3 Å². The third-order valence-electron chi connectivity index (χ3n) is 12.2. The molecule has 0 spiro atoms. The minimum absolute atomic E-state index is 0.0998. The number of fused-ring (bicyclic) bond motifs is 6. The molecule has 0 atom stereocenters. The lowest BCUT2D eigenvalue weighted by molar-refractivity contribution is 0.661. The van der Waals surface area contributed by atoms with Crippen LogP contribution in [0.4, 0.5) is 0 Å². The van der Waals surface area contributed by atoms with Crippen molar-refractivity contribution in [1.82, 2.24) is 15.0 Å². The molecule has 0 fully saturated rings. The van der Waals surface area contributed by atoms with E-state index in [-0.39, 0.29) is 5.41 Å². The Hall–Kier alpha value is -7.49. The molecular weight excluding hydrogens is 715 g/mol. The van der Waals surface area contributed by atoms with Crippen molar-refractivity contribution in [2.75, 3.05) is 0 Å². The molecule has 0 aliphatic heterocycles. The molecule has 59 heavy (non-hydrogen) atoms. The van der Waals surface area contributed by atoms with E-state index in [2.05, 4.69) is 195 Å². The maximum absolute atomic E-state index is 5.26. The van der Waals surface area contributed by atoms with Crippen molar-refractivity contribution in [2.45, 2.75) is 19.3 Å². The second-order valence-electron chi connectivity index (χ2n) is 16.0. The number of hydrogen-bond donors (Lipinski definition) is 0. The number of rotatable bonds is 6. The minimum Gasteiger partial charge on any atom is -0.264 e. The van der Waals surface area contributed by atoms with Gasteiger partial charge in [-0.3, -0.25) is 4.98 Å². The summed E-state index contributed by atoms with van der Waals surface area (Å²) in [5.41, 5.74) is 17.2. The van der Waals surface area contributed by atoms with Crippen molar-refractivity contribution < 1.29 is 0 Å². The van der Waals surface area contributed by atoms with E-state index in [1.165, 1.54) is 55.3 Å². The van der Waals surface area contributed by atoms with Gasteiger partial charge in [0.15, 0.2) is 5.82 Å². The van der Waals surface area contributed by atoms with Crippen molar-refractivity contribution in [3.05, 3.63) is 212 Å². The van der Waals surface area contributed by atoms with E-state index in [1.54, 1.807) is 6.20 Å². The highest BCUT2D eigenvalue weighted by atomic mass is 14.9. The van der Waals surface area contributed by atoms with Crippen LogP contribution in [0.2, 0.25) is 0 Å². The zero-order valence-corrected chi connectivity index (χ0v) is 32.9. The van der Waals surface area contributed by atoms with E-state index in [0.717, 1.165) is 50.0 Å². The zero-order valence-electron chi connectivity index (χ0n) is 32.9. The number of aromatic nitrogens is 3. The summed E-state index contributed by atoms with van der Waals surface area (Å²) in [6.45, 7) is 4.73. The Bertz CT molecular complexity index is 3220. The van der Waals surface area contributed by atoms with Crippen LogP contribution in [-0.2, 0) is 5.41 Å². The Morgan fingerprint density at radius 1 is 0.373 bits per heavy atom. The smallest absolute Gasteiger partial charge is 0.161 e. The Morgan fingerprint density at radius 2 is 0.966 bits per heavy atom. The fourth-order valence-corrected chi connectivity index (χ4v) is 9.14. The predicted octanol–water partition coefficient (Wildman–Crippen LogP) is 14.5. The van der Waals surface area contributed by atoms with Gasteiger partial charge in [0, 0.05) is 34.5 Å². The van der Waals surface area contributed by atoms with E-state index in [9.17, 15) is 0 Å². The van der Waals surface area contributed by atoms with Gasteiger partial charge in [0.2, 0.25) is 0 Å². The molecule has 10 aromatic rings. The molecule has 0 saturated carbocycles. The Labute approximate surface area is 344 Å². The van der Waals surface area contributed by atoms with Gasteiger partial charge >= 0.3 is 0 Å². The Balaban J connectivity index is 0.996. The first-order valence-corrected chi connectivity index (χ1v) is 20.2. The molecule has 0 N–H and O–H groups in total. The number of hydrogen-bond acceptors (Lipinski definition) is 3. The normalized spacial score (nSPS) is 12.7. The topological polar surface area (TPSA) is 38.7 Å². The molecule has 0 unspecified atom stereocenters. The molecule has 0 amide bonds. The van der Waals surface area contributed by atoms with Gasteiger partial charge in [0.25, 0.3) is 0 Å². The van der Waals surface area contributed by atoms with E-state index in [4.69, 9.17) is 9.97 Å². The molecule has 11 rings (SSSR count). The monoisotopic (exact) mass is 753 g/mol. The molecule has 278 valence electrons. The summed E-state index contributed by atoms with van der Waals surface area (Å²) in [7, 11) is 0. The van der Waals surface area contributed by atoms with Crippen LogP contribution in [0.25, 0.3) is 100.0 Å². The van der Waals surface area contributed by atoms with Crippen LogP contribution in [0.3, 0.4) is 0 Å². The first-order chi connectivity index (χ1) is 29.0. The number of nitrogens with zero attached hydrogens (tertiary/aromatic N) is 3. The summed E-state index contributed by atoms with van der Waals surface area (Å²) in [4.78, 5) is 14.8. The van der Waals surface area contributed by atoms with Crippen LogP contribution < -0.4 is 0 Å². The summed E-state index contributed by atoms with van der Waals surface area (Å²) in [6, 6.07) is 67.6. The van der Waals surface area contributed by atoms with Crippen LogP contribution in [0.5, 0.6) is 0 Å². The second-order valence-corrected chi connectivity index (χ2v) is 16.0. The van der Waals surface area contributed by atoms with Crippen LogP contribution in [0, 0.1) is 0 Å². The highest BCUT2D eigenvalue weighted by Crippen LogP contribution is 2.52. The predicted molar refractivity (Wildman–Crippen MR) is 245 cm³/mol. The molecule has 0 saturated heterocycles. The van der Waals surface area contributed by atoms with E-state index in [0.29, 0.717) is 5.82 Å². The molecule has 2 heterocycles. The first-order valence-electron chi connectivity index (χ1n) is 20.2. The fourth-order valence-electron chi connectivity index (χ4n) is 9.14. The van der Waals surface area contributed by atoms with Crippen LogP contribution >= 0.6 is 0 Å². The molecular formula is C56H39N3. The van der Waals surface area contributed by atoms with E-state index >= 15 is 0 Å². The minimum atomic E-state index is -0.0998. The highest BCUT2D eigenvalue weighted by molar-refractivity contribution is 6.05. The van der Waals surface area contributed by atoms with Crippen LogP contribution in [-0.4, -0.2) is 15.0 Å². The van der Waals surface area contributed by atoms with Gasteiger partial charge in [0.05, 0.1) is 11.4 Å². The Kier molecular flexibility index (Phi) is 8.16. The number of benzene rings is 8. The van der Waals surface area contributed by atoms with Gasteiger partial charge < -0.3 is 0 Å². The number of pyridine rings is 1. The van der Waals surface area contributed by atoms with Gasteiger partial charge in [-0.15, -0.1) is 0 Å². The molecule has 1 aliphatic carbocycles. The van der Waals surface area contributed by atoms with Crippen molar-refractivity contribution in [1.29, 1.82) is 0 Å². The molecule has 8 aromatic carbocycles. The molecule has 2 aromatic heterocycles.